The Morgan fingerprint density at radius 2 is 1.66 bits per heavy atom. The fourth-order valence-corrected chi connectivity index (χ4v) is 6.06. The Kier molecular flexibility index (Phi) is 6.80. The topological polar surface area (TPSA) is 128 Å². The number of nitrogens with two attached hydrogens (primary N) is 1. The number of primary amides is 1. The molecule has 6 rings (SSSR count). The molecule has 0 radical (unpaired) electrons. The number of amides is 3. The van der Waals surface area contributed by atoms with Crippen molar-refractivity contribution in [3.05, 3.63) is 53.7 Å². The number of nitrogens with zero attached hydrogens (tertiary/aromatic N) is 4. The molecule has 3 aromatic rings. The Labute approximate surface area is 237 Å². The van der Waals surface area contributed by atoms with Crippen molar-refractivity contribution in [1.29, 1.82) is 0 Å². The van der Waals surface area contributed by atoms with Crippen LogP contribution in [-0.4, -0.2) is 91.6 Å². The molecule has 3 aliphatic rings. The minimum atomic E-state index is -0.646. The average molecular weight is 560 g/mol. The molecule has 0 unspecified atom stereocenters. The smallest absolute Gasteiger partial charge is 0.314 e. The number of piperazine rings is 1. The summed E-state index contributed by atoms with van der Waals surface area (Å²) >= 11 is 0. The lowest BCUT2D eigenvalue weighted by atomic mass is 9.82. The molecule has 0 saturated carbocycles. The van der Waals surface area contributed by atoms with Gasteiger partial charge in [0, 0.05) is 69.3 Å². The fourth-order valence-electron chi connectivity index (χ4n) is 6.06. The number of fused-ring (bicyclic) bond motifs is 2. The monoisotopic (exact) mass is 559 g/mol. The highest BCUT2D eigenvalue weighted by atomic mass is 16.5. The van der Waals surface area contributed by atoms with Crippen LogP contribution < -0.4 is 24.8 Å². The van der Waals surface area contributed by atoms with Gasteiger partial charge in [-0.1, -0.05) is 6.07 Å². The van der Waals surface area contributed by atoms with Crippen molar-refractivity contribution in [2.75, 3.05) is 58.4 Å². The molecule has 11 heteroatoms. The number of carbonyl (C=O) groups is 3. The molecule has 2 fully saturated rings. The van der Waals surface area contributed by atoms with E-state index < -0.39 is 11.6 Å². The highest BCUT2D eigenvalue weighted by molar-refractivity contribution is 6.01. The van der Waals surface area contributed by atoms with Gasteiger partial charge in [-0.05, 0) is 30.3 Å². The number of aromatic nitrogens is 1. The standard InChI is InChI=1S/C30H33N5O6/c1-39-25-5-3-4-20-26(40-2)17-22(32-27(20)25)28(37)34-10-8-30(9-11-34)18-23(36)21-16-19(6-7-24(21)41-30)33-12-14-35(15-13-33)29(31)38/h3-7,16-17H,8-15,18H2,1-2H3,(H2,31,38). The van der Waals surface area contributed by atoms with Crippen molar-refractivity contribution in [2.24, 2.45) is 5.73 Å². The van der Waals surface area contributed by atoms with Crippen LogP contribution in [-0.2, 0) is 0 Å². The fraction of sp³-hybridized carbons (Fsp3) is 0.400. The first kappa shape index (κ1) is 26.7. The van der Waals surface area contributed by atoms with E-state index in [1.165, 1.54) is 0 Å². The predicted octanol–water partition coefficient (Wildman–Crippen LogP) is 3.09. The summed E-state index contributed by atoms with van der Waals surface area (Å²) in [5.74, 6) is 1.54. The van der Waals surface area contributed by atoms with Gasteiger partial charge in [0.1, 0.15) is 34.1 Å². The second-order valence-corrected chi connectivity index (χ2v) is 10.7. The lowest BCUT2D eigenvalue weighted by molar-refractivity contribution is -0.00584. The minimum Gasteiger partial charge on any atom is -0.496 e. The number of benzene rings is 2. The molecule has 3 amide bonds. The summed E-state index contributed by atoms with van der Waals surface area (Å²) in [6.07, 6.45) is 1.34. The molecule has 3 aliphatic heterocycles. The highest BCUT2D eigenvalue weighted by Gasteiger charge is 2.44. The van der Waals surface area contributed by atoms with E-state index in [0.717, 1.165) is 11.1 Å². The van der Waals surface area contributed by atoms with Crippen LogP contribution in [0.2, 0.25) is 0 Å². The van der Waals surface area contributed by atoms with E-state index in [2.05, 4.69) is 9.88 Å². The first-order valence-electron chi connectivity index (χ1n) is 13.8. The van der Waals surface area contributed by atoms with Crippen LogP contribution in [0.1, 0.15) is 40.1 Å². The zero-order chi connectivity index (χ0) is 28.7. The SMILES string of the molecule is COc1cc(C(=O)N2CCC3(CC2)CC(=O)c2cc(N4CCN(C(N)=O)CC4)ccc2O3)nc2c(OC)cccc12. The van der Waals surface area contributed by atoms with Crippen molar-refractivity contribution in [3.8, 4) is 17.2 Å². The van der Waals surface area contributed by atoms with Crippen LogP contribution >= 0.6 is 0 Å². The van der Waals surface area contributed by atoms with Crippen LogP contribution in [0.3, 0.4) is 0 Å². The highest BCUT2D eigenvalue weighted by Crippen LogP contribution is 2.41. The van der Waals surface area contributed by atoms with E-state index in [-0.39, 0.29) is 23.8 Å². The van der Waals surface area contributed by atoms with Gasteiger partial charge in [0.2, 0.25) is 0 Å². The van der Waals surface area contributed by atoms with Gasteiger partial charge in [-0.25, -0.2) is 9.78 Å². The average Bonchev–Trinajstić information content (AvgIpc) is 3.00. The molecule has 2 N–H and O–H groups in total. The summed E-state index contributed by atoms with van der Waals surface area (Å²) in [7, 11) is 3.13. The summed E-state index contributed by atoms with van der Waals surface area (Å²) in [5, 5.41) is 0.768. The molecule has 4 heterocycles. The summed E-state index contributed by atoms with van der Waals surface area (Å²) in [4.78, 5) is 48.4. The number of likely N-dealkylation sites (tertiary alicyclic amines) is 1. The van der Waals surface area contributed by atoms with Crippen LogP contribution in [0.25, 0.3) is 10.9 Å². The van der Waals surface area contributed by atoms with E-state index >= 15 is 0 Å². The van der Waals surface area contributed by atoms with Gasteiger partial charge in [-0.15, -0.1) is 0 Å². The Balaban J connectivity index is 1.15. The number of urea groups is 1. The van der Waals surface area contributed by atoms with E-state index in [9.17, 15) is 14.4 Å². The maximum Gasteiger partial charge on any atom is 0.314 e. The summed E-state index contributed by atoms with van der Waals surface area (Å²) in [6.45, 7) is 3.27. The quantitative estimate of drug-likeness (QED) is 0.517. The van der Waals surface area contributed by atoms with Gasteiger partial charge in [-0.2, -0.15) is 0 Å². The van der Waals surface area contributed by atoms with E-state index in [4.69, 9.17) is 19.9 Å². The molecule has 1 spiro atoms. The number of pyridine rings is 1. The summed E-state index contributed by atoms with van der Waals surface area (Å²) < 4.78 is 17.5. The number of Topliss-reactive ketones (excluding diaryl/α,β-unsaturated/α-hetero) is 1. The van der Waals surface area contributed by atoms with E-state index in [0.29, 0.717) is 80.4 Å². The number of rotatable bonds is 4. The van der Waals surface area contributed by atoms with Crippen LogP contribution in [0.15, 0.2) is 42.5 Å². The Bertz CT molecular complexity index is 1530. The third-order valence-corrected chi connectivity index (χ3v) is 8.41. The van der Waals surface area contributed by atoms with Crippen molar-refractivity contribution in [1.82, 2.24) is 14.8 Å². The number of piperidine rings is 1. The van der Waals surface area contributed by atoms with Gasteiger partial charge in [0.15, 0.2) is 5.78 Å². The summed E-state index contributed by atoms with van der Waals surface area (Å²) in [6, 6.07) is 12.5. The lowest BCUT2D eigenvalue weighted by Crippen LogP contribution is -2.52. The Morgan fingerprint density at radius 1 is 0.927 bits per heavy atom. The number of ketones is 1. The molecule has 214 valence electrons. The largest absolute Gasteiger partial charge is 0.496 e. The molecular formula is C30H33N5O6. The van der Waals surface area contributed by atoms with Gasteiger partial charge in [-0.3, -0.25) is 9.59 Å². The number of ether oxygens (including phenoxy) is 3. The van der Waals surface area contributed by atoms with Crippen molar-refractivity contribution in [2.45, 2.75) is 24.9 Å². The number of methoxy groups -OCH3 is 2. The van der Waals surface area contributed by atoms with Gasteiger partial charge >= 0.3 is 6.03 Å². The molecule has 41 heavy (non-hydrogen) atoms. The van der Waals surface area contributed by atoms with Gasteiger partial charge in [0.05, 0.1) is 26.2 Å². The third kappa shape index (κ3) is 4.85. The summed E-state index contributed by atoms with van der Waals surface area (Å²) in [5.41, 5.74) is 7.10. The molecule has 2 aromatic carbocycles. The molecule has 2 saturated heterocycles. The number of carbonyl (C=O) groups excluding carboxylic acids is 3. The Morgan fingerprint density at radius 3 is 2.34 bits per heavy atom. The van der Waals surface area contributed by atoms with Gasteiger partial charge < -0.3 is 34.6 Å². The Hall–Kier alpha value is -4.54. The predicted molar refractivity (Wildman–Crippen MR) is 152 cm³/mol. The second kappa shape index (κ2) is 10.5. The van der Waals surface area contributed by atoms with Crippen LogP contribution in [0, 0.1) is 0 Å². The maximum atomic E-state index is 13.5. The molecule has 0 atom stereocenters. The molecule has 1 aromatic heterocycles. The molecule has 11 nitrogen and oxygen atoms in total. The normalized spacial score (nSPS) is 18.2. The lowest BCUT2D eigenvalue weighted by Gasteiger charge is -2.44. The molecule has 0 bridgehead atoms. The zero-order valence-corrected chi connectivity index (χ0v) is 23.2. The second-order valence-electron chi connectivity index (χ2n) is 10.7. The number of anilines is 1. The van der Waals surface area contributed by atoms with Crippen molar-refractivity contribution < 1.29 is 28.6 Å². The molecular weight excluding hydrogens is 526 g/mol. The van der Waals surface area contributed by atoms with Crippen LogP contribution in [0.5, 0.6) is 17.2 Å². The van der Waals surface area contributed by atoms with E-state index in [1.54, 1.807) is 36.2 Å². The zero-order valence-electron chi connectivity index (χ0n) is 23.2. The number of para-hydroxylation sites is 1. The maximum absolute atomic E-state index is 13.5. The van der Waals surface area contributed by atoms with Gasteiger partial charge in [0.25, 0.3) is 5.91 Å². The first-order valence-corrected chi connectivity index (χ1v) is 13.8. The van der Waals surface area contributed by atoms with E-state index in [1.807, 2.05) is 30.3 Å². The van der Waals surface area contributed by atoms with Crippen LogP contribution in [0.4, 0.5) is 10.5 Å². The first-order chi connectivity index (χ1) is 19.8. The third-order valence-electron chi connectivity index (χ3n) is 8.41. The number of hydrogen-bond acceptors (Lipinski definition) is 8. The van der Waals surface area contributed by atoms with Crippen molar-refractivity contribution >= 4 is 34.3 Å². The van der Waals surface area contributed by atoms with Crippen molar-refractivity contribution in [3.63, 3.8) is 0 Å². The number of hydrogen-bond donors (Lipinski definition) is 1. The molecule has 0 aliphatic carbocycles. The minimum absolute atomic E-state index is 0.0386.